The molecule has 40 heavy (non-hydrogen) atoms. The van der Waals surface area contributed by atoms with Crippen LogP contribution in [0.15, 0.2) is 83.8 Å². The lowest BCUT2D eigenvalue weighted by Gasteiger charge is -2.48. The Hall–Kier alpha value is -3.70. The number of rotatable bonds is 6. The maximum atomic E-state index is 13.1. The van der Waals surface area contributed by atoms with Gasteiger partial charge < -0.3 is 9.80 Å². The molecule has 0 spiro atoms. The van der Waals surface area contributed by atoms with Crippen LogP contribution in [0.5, 0.6) is 0 Å². The van der Waals surface area contributed by atoms with E-state index in [-0.39, 0.29) is 17.9 Å². The van der Waals surface area contributed by atoms with Crippen molar-refractivity contribution in [2.45, 2.75) is 22.9 Å². The first-order valence-corrected chi connectivity index (χ1v) is 14.5. The van der Waals surface area contributed by atoms with E-state index >= 15 is 0 Å². The Kier molecular flexibility index (Phi) is 7.70. The number of alkyl halides is 3. The summed E-state index contributed by atoms with van der Waals surface area (Å²) in [5.74, 6) is -0.739. The van der Waals surface area contributed by atoms with Gasteiger partial charge in [0.25, 0.3) is 11.8 Å². The highest BCUT2D eigenvalue weighted by Crippen LogP contribution is 2.31. The highest BCUT2D eigenvalue weighted by atomic mass is 32.2. The van der Waals surface area contributed by atoms with Crippen molar-refractivity contribution in [3.63, 3.8) is 0 Å². The number of piperazine rings is 1. The molecule has 11 heteroatoms. The number of benzene rings is 3. The second kappa shape index (κ2) is 11.1. The summed E-state index contributed by atoms with van der Waals surface area (Å²) in [5, 5.41) is 0. The Bertz CT molecular complexity index is 1500. The first-order valence-electron chi connectivity index (χ1n) is 12.9. The minimum Gasteiger partial charge on any atom is -0.336 e. The summed E-state index contributed by atoms with van der Waals surface area (Å²) in [7, 11) is -4.06. The van der Waals surface area contributed by atoms with Crippen LogP contribution in [0.1, 0.15) is 31.8 Å². The van der Waals surface area contributed by atoms with Gasteiger partial charge >= 0.3 is 6.18 Å². The second-order valence-electron chi connectivity index (χ2n) is 10.0. The predicted octanol–water partition coefficient (Wildman–Crippen LogP) is 3.96. The van der Waals surface area contributed by atoms with Crippen LogP contribution < -0.4 is 0 Å². The molecule has 0 aliphatic carbocycles. The fourth-order valence-corrected chi connectivity index (χ4v) is 6.43. The second-order valence-corrected chi connectivity index (χ2v) is 12.0. The number of carbonyl (C=O) groups excluding carboxylic acids is 2. The number of halogens is 3. The van der Waals surface area contributed by atoms with E-state index in [1.54, 1.807) is 29.2 Å². The van der Waals surface area contributed by atoms with Crippen LogP contribution in [0.4, 0.5) is 13.2 Å². The van der Waals surface area contributed by atoms with Gasteiger partial charge in [-0.2, -0.15) is 13.2 Å². The maximum Gasteiger partial charge on any atom is 0.416 e. The number of sulfone groups is 1. The SMILES string of the molecule is O=C(c1ccccc1)N1CCN(C2CN(C(=O)c3cccc(CS(=O)(=O)c4cccc(C(F)(F)F)c4)c3)C2)CC1. The number of nitrogens with zero attached hydrogens (tertiary/aromatic N) is 3. The van der Waals surface area contributed by atoms with E-state index in [1.807, 2.05) is 23.1 Å². The Morgan fingerprint density at radius 3 is 2.05 bits per heavy atom. The third kappa shape index (κ3) is 6.05. The van der Waals surface area contributed by atoms with Crippen LogP contribution in [0.2, 0.25) is 0 Å². The average molecular weight is 572 g/mol. The Morgan fingerprint density at radius 1 is 0.750 bits per heavy atom. The van der Waals surface area contributed by atoms with Crippen molar-refractivity contribution < 1.29 is 31.2 Å². The van der Waals surface area contributed by atoms with Crippen molar-refractivity contribution >= 4 is 21.7 Å². The molecule has 3 aromatic rings. The first kappa shape index (κ1) is 27.9. The summed E-state index contributed by atoms with van der Waals surface area (Å²) in [5.41, 5.74) is 0.281. The zero-order chi connectivity index (χ0) is 28.5. The molecule has 210 valence electrons. The minimum absolute atomic E-state index is 0.0145. The smallest absolute Gasteiger partial charge is 0.336 e. The molecular weight excluding hydrogens is 543 g/mol. The molecule has 2 fully saturated rings. The number of amides is 2. The minimum atomic E-state index is -4.65. The molecule has 5 rings (SSSR count). The largest absolute Gasteiger partial charge is 0.416 e. The lowest BCUT2D eigenvalue weighted by molar-refractivity contribution is -0.137. The summed E-state index contributed by atoms with van der Waals surface area (Å²) >= 11 is 0. The van der Waals surface area contributed by atoms with E-state index in [1.165, 1.54) is 12.1 Å². The quantitative estimate of drug-likeness (QED) is 0.448. The summed E-state index contributed by atoms with van der Waals surface area (Å²) in [6.45, 7) is 3.71. The number of likely N-dealkylation sites (tertiary alicyclic amines) is 1. The maximum absolute atomic E-state index is 13.1. The molecular formula is C29H28F3N3O4S. The highest BCUT2D eigenvalue weighted by Gasteiger charge is 2.37. The number of carbonyl (C=O) groups is 2. The van der Waals surface area contributed by atoms with Gasteiger partial charge in [-0.05, 0) is 48.0 Å². The van der Waals surface area contributed by atoms with Crippen LogP contribution in [-0.4, -0.2) is 80.2 Å². The van der Waals surface area contributed by atoms with Crippen molar-refractivity contribution in [3.05, 3.63) is 101 Å². The van der Waals surface area contributed by atoms with Crippen LogP contribution in [0.25, 0.3) is 0 Å². The molecule has 0 saturated carbocycles. The fraction of sp³-hybridized carbons (Fsp3) is 0.310. The van der Waals surface area contributed by atoms with Crippen LogP contribution in [0, 0.1) is 0 Å². The van der Waals surface area contributed by atoms with Crippen molar-refractivity contribution in [2.24, 2.45) is 0 Å². The zero-order valence-corrected chi connectivity index (χ0v) is 22.4. The van der Waals surface area contributed by atoms with Crippen molar-refractivity contribution in [3.8, 4) is 0 Å². The topological polar surface area (TPSA) is 78.0 Å². The van der Waals surface area contributed by atoms with E-state index in [0.717, 1.165) is 18.2 Å². The highest BCUT2D eigenvalue weighted by molar-refractivity contribution is 7.90. The molecule has 2 aliphatic rings. The summed E-state index contributed by atoms with van der Waals surface area (Å²) in [6.07, 6.45) is -4.65. The van der Waals surface area contributed by atoms with Gasteiger partial charge in [0.1, 0.15) is 0 Å². The lowest BCUT2D eigenvalue weighted by atomic mass is 10.0. The Labute approximate surface area is 230 Å². The lowest BCUT2D eigenvalue weighted by Crippen LogP contribution is -2.64. The summed E-state index contributed by atoms with van der Waals surface area (Å²) in [4.78, 5) is 31.1. The zero-order valence-electron chi connectivity index (χ0n) is 21.5. The molecule has 0 atom stereocenters. The molecule has 2 amide bonds. The van der Waals surface area contributed by atoms with E-state index in [9.17, 15) is 31.2 Å². The first-order chi connectivity index (χ1) is 19.0. The van der Waals surface area contributed by atoms with Crippen LogP contribution in [0.3, 0.4) is 0 Å². The van der Waals surface area contributed by atoms with E-state index in [2.05, 4.69) is 4.90 Å². The third-order valence-electron chi connectivity index (χ3n) is 7.34. The van der Waals surface area contributed by atoms with Crippen molar-refractivity contribution in [1.82, 2.24) is 14.7 Å². The van der Waals surface area contributed by atoms with Crippen LogP contribution in [-0.2, 0) is 21.8 Å². The molecule has 0 N–H and O–H groups in total. The van der Waals surface area contributed by atoms with Gasteiger partial charge in [0, 0.05) is 56.4 Å². The number of hydrogen-bond donors (Lipinski definition) is 0. The van der Waals surface area contributed by atoms with Gasteiger partial charge in [-0.3, -0.25) is 14.5 Å². The standard InChI is InChI=1S/C29H28F3N3O4S/c30-29(31,32)24-10-5-11-26(17-24)40(38,39)20-21-6-4-9-23(16-21)28(37)35-18-25(19-35)33-12-14-34(15-13-33)27(36)22-7-2-1-3-8-22/h1-11,16-17,25H,12-15,18-20H2. The monoisotopic (exact) mass is 571 g/mol. The molecule has 0 bridgehead atoms. The average Bonchev–Trinajstić information content (AvgIpc) is 2.92. The molecule has 0 aromatic heterocycles. The molecule has 2 heterocycles. The van der Waals surface area contributed by atoms with Gasteiger partial charge in [-0.25, -0.2) is 8.42 Å². The van der Waals surface area contributed by atoms with Crippen molar-refractivity contribution in [1.29, 1.82) is 0 Å². The normalized spacial score (nSPS) is 17.0. The van der Waals surface area contributed by atoms with E-state index in [0.29, 0.717) is 62.0 Å². The van der Waals surface area contributed by atoms with Gasteiger partial charge in [0.05, 0.1) is 16.2 Å². The van der Waals surface area contributed by atoms with Crippen molar-refractivity contribution in [2.75, 3.05) is 39.3 Å². The molecule has 0 radical (unpaired) electrons. The Balaban J connectivity index is 1.16. The van der Waals surface area contributed by atoms with Gasteiger partial charge in [0.2, 0.25) is 0 Å². The fourth-order valence-electron chi connectivity index (χ4n) is 5.05. The Morgan fingerprint density at radius 2 is 1.38 bits per heavy atom. The molecule has 2 saturated heterocycles. The molecule has 3 aromatic carbocycles. The summed E-state index contributed by atoms with van der Waals surface area (Å²) < 4.78 is 64.8. The summed E-state index contributed by atoms with van der Waals surface area (Å²) in [6, 6.07) is 19.2. The molecule has 2 aliphatic heterocycles. The van der Waals surface area contributed by atoms with Gasteiger partial charge in [-0.1, -0.05) is 36.4 Å². The third-order valence-corrected chi connectivity index (χ3v) is 9.02. The molecule has 0 unspecified atom stereocenters. The predicted molar refractivity (Wildman–Crippen MR) is 142 cm³/mol. The van der Waals surface area contributed by atoms with Gasteiger partial charge in [-0.15, -0.1) is 0 Å². The van der Waals surface area contributed by atoms with Crippen LogP contribution >= 0.6 is 0 Å². The van der Waals surface area contributed by atoms with E-state index in [4.69, 9.17) is 0 Å². The molecule has 7 nitrogen and oxygen atoms in total. The van der Waals surface area contributed by atoms with E-state index < -0.39 is 32.2 Å². The van der Waals surface area contributed by atoms with Gasteiger partial charge in [0.15, 0.2) is 9.84 Å². The number of hydrogen-bond acceptors (Lipinski definition) is 5.